The fourth-order valence-electron chi connectivity index (χ4n) is 3.86. The fraction of sp³-hybridized carbons (Fsp3) is 0.417. The van der Waals surface area contributed by atoms with Crippen LogP contribution in [0.25, 0.3) is 0 Å². The number of piperidine rings is 1. The number of benzene rings is 2. The van der Waals surface area contributed by atoms with E-state index in [4.69, 9.17) is 18.9 Å². The number of amides is 2. The third-order valence-electron chi connectivity index (χ3n) is 5.60. The number of nitrogens with zero attached hydrogens (tertiary/aromatic N) is 1. The first kappa shape index (κ1) is 22.0. The van der Waals surface area contributed by atoms with Crippen LogP contribution in [0.5, 0.6) is 17.2 Å². The topological polar surface area (TPSA) is 86.3 Å². The van der Waals surface area contributed by atoms with E-state index in [-0.39, 0.29) is 24.5 Å². The molecule has 0 aromatic heterocycles. The number of hydrogen-bond acceptors (Lipinski definition) is 6. The lowest BCUT2D eigenvalue weighted by molar-refractivity contribution is -0.121. The van der Waals surface area contributed by atoms with Gasteiger partial charge in [0.25, 0.3) is 5.91 Å². The van der Waals surface area contributed by atoms with E-state index in [2.05, 4.69) is 5.32 Å². The molecule has 0 saturated carbocycles. The summed E-state index contributed by atoms with van der Waals surface area (Å²) >= 11 is 0. The number of fused-ring (bicyclic) bond motifs is 1. The normalized spacial score (nSPS) is 15.5. The summed E-state index contributed by atoms with van der Waals surface area (Å²) in [5.41, 5.74) is 1.21. The molecule has 0 aliphatic carbocycles. The molecule has 0 radical (unpaired) electrons. The fourth-order valence-corrected chi connectivity index (χ4v) is 3.86. The Bertz CT molecular complexity index is 955. The quantitative estimate of drug-likeness (QED) is 0.634. The van der Waals surface area contributed by atoms with Gasteiger partial charge >= 0.3 is 0 Å². The van der Waals surface area contributed by atoms with Crippen molar-refractivity contribution in [2.45, 2.75) is 19.8 Å². The number of likely N-dealkylation sites (tertiary alicyclic amines) is 1. The van der Waals surface area contributed by atoms with E-state index >= 15 is 0 Å². The van der Waals surface area contributed by atoms with Crippen LogP contribution < -0.4 is 19.5 Å². The number of rotatable bonds is 8. The molecule has 32 heavy (non-hydrogen) atoms. The highest BCUT2D eigenvalue weighted by molar-refractivity contribution is 5.97. The van der Waals surface area contributed by atoms with Crippen molar-refractivity contribution in [2.75, 3.05) is 45.0 Å². The summed E-state index contributed by atoms with van der Waals surface area (Å²) in [6.45, 7) is 4.65. The summed E-state index contributed by atoms with van der Waals surface area (Å²) in [6.07, 6.45) is 1.21. The van der Waals surface area contributed by atoms with Gasteiger partial charge in [-0.15, -0.1) is 0 Å². The number of carbonyl (C=O) groups excluding carboxylic acids is 2. The van der Waals surface area contributed by atoms with Gasteiger partial charge in [0.1, 0.15) is 12.4 Å². The molecule has 2 aromatic rings. The van der Waals surface area contributed by atoms with Crippen molar-refractivity contribution in [3.8, 4) is 17.2 Å². The monoisotopic (exact) mass is 440 g/mol. The Hall–Kier alpha value is -3.26. The van der Waals surface area contributed by atoms with Crippen molar-refractivity contribution >= 4 is 17.5 Å². The molecule has 1 saturated heterocycles. The number of anilines is 1. The Morgan fingerprint density at radius 1 is 1.06 bits per heavy atom. The predicted molar refractivity (Wildman–Crippen MR) is 118 cm³/mol. The minimum Gasteiger partial charge on any atom is -0.490 e. The zero-order chi connectivity index (χ0) is 22.3. The number of para-hydroxylation sites is 1. The van der Waals surface area contributed by atoms with Crippen molar-refractivity contribution < 1.29 is 28.5 Å². The molecule has 2 aromatic carbocycles. The van der Waals surface area contributed by atoms with E-state index in [1.54, 1.807) is 35.2 Å². The smallest absolute Gasteiger partial charge is 0.257 e. The maximum Gasteiger partial charge on any atom is 0.257 e. The lowest BCUT2D eigenvalue weighted by Gasteiger charge is -2.31. The van der Waals surface area contributed by atoms with Gasteiger partial charge in [-0.25, -0.2) is 0 Å². The van der Waals surface area contributed by atoms with Gasteiger partial charge in [0.15, 0.2) is 11.5 Å². The third-order valence-corrected chi connectivity index (χ3v) is 5.60. The van der Waals surface area contributed by atoms with Crippen LogP contribution in [-0.4, -0.2) is 56.4 Å². The molecule has 1 N–H and O–H groups in total. The zero-order valence-electron chi connectivity index (χ0n) is 18.2. The van der Waals surface area contributed by atoms with E-state index in [9.17, 15) is 9.59 Å². The number of nitrogens with one attached hydrogen (secondary N) is 1. The minimum absolute atomic E-state index is 0.0457. The van der Waals surface area contributed by atoms with Gasteiger partial charge in [-0.1, -0.05) is 12.1 Å². The Labute approximate surface area is 187 Å². The molecule has 0 bridgehead atoms. The number of hydrogen-bond donors (Lipinski definition) is 1. The van der Waals surface area contributed by atoms with Crippen molar-refractivity contribution in [3.05, 3.63) is 48.0 Å². The maximum absolute atomic E-state index is 13.1. The van der Waals surface area contributed by atoms with E-state index < -0.39 is 0 Å². The minimum atomic E-state index is -0.151. The van der Waals surface area contributed by atoms with Crippen LogP contribution in [0.1, 0.15) is 30.1 Å². The summed E-state index contributed by atoms with van der Waals surface area (Å²) in [6, 6.07) is 12.6. The second-order valence-electron chi connectivity index (χ2n) is 7.67. The molecule has 8 nitrogen and oxygen atoms in total. The van der Waals surface area contributed by atoms with Gasteiger partial charge < -0.3 is 29.2 Å². The van der Waals surface area contributed by atoms with Gasteiger partial charge in [-0.3, -0.25) is 9.59 Å². The highest BCUT2D eigenvalue weighted by Crippen LogP contribution is 2.34. The van der Waals surface area contributed by atoms with E-state index in [1.807, 2.05) is 19.1 Å². The maximum atomic E-state index is 13.1. The Morgan fingerprint density at radius 3 is 2.66 bits per heavy atom. The van der Waals surface area contributed by atoms with Gasteiger partial charge in [0.2, 0.25) is 12.7 Å². The standard InChI is InChI=1S/C24H28N2O6/c1-2-29-13-14-30-20-6-4-3-5-19(20)24(28)26-11-9-17(10-12-26)23(27)25-18-7-8-21-22(15-18)32-16-31-21/h3-8,15,17H,2,9-14,16H2,1H3,(H,25,27). The lowest BCUT2D eigenvalue weighted by atomic mass is 9.95. The Kier molecular flexibility index (Phi) is 7.11. The van der Waals surface area contributed by atoms with Crippen LogP contribution in [-0.2, 0) is 9.53 Å². The van der Waals surface area contributed by atoms with Crippen molar-refractivity contribution in [3.63, 3.8) is 0 Å². The lowest BCUT2D eigenvalue weighted by Crippen LogP contribution is -2.41. The van der Waals surface area contributed by atoms with Crippen LogP contribution in [0.3, 0.4) is 0 Å². The summed E-state index contributed by atoms with van der Waals surface area (Å²) in [4.78, 5) is 27.6. The molecule has 8 heteroatoms. The molecule has 2 heterocycles. The molecule has 0 spiro atoms. The predicted octanol–water partition coefficient (Wildman–Crippen LogP) is 3.32. The van der Waals surface area contributed by atoms with E-state index in [0.717, 1.165) is 0 Å². The first-order valence-electron chi connectivity index (χ1n) is 10.9. The number of ether oxygens (including phenoxy) is 4. The van der Waals surface area contributed by atoms with Crippen LogP contribution in [0.4, 0.5) is 5.69 Å². The van der Waals surface area contributed by atoms with Gasteiger partial charge in [-0.2, -0.15) is 0 Å². The molecular formula is C24H28N2O6. The first-order chi connectivity index (χ1) is 15.7. The largest absolute Gasteiger partial charge is 0.490 e. The zero-order valence-corrected chi connectivity index (χ0v) is 18.2. The second kappa shape index (κ2) is 10.4. The van der Waals surface area contributed by atoms with Crippen LogP contribution in [0, 0.1) is 5.92 Å². The van der Waals surface area contributed by atoms with Crippen LogP contribution in [0.15, 0.2) is 42.5 Å². The van der Waals surface area contributed by atoms with Gasteiger partial charge in [0.05, 0.1) is 12.2 Å². The first-order valence-corrected chi connectivity index (χ1v) is 10.9. The molecule has 1 fully saturated rings. The summed E-state index contributed by atoms with van der Waals surface area (Å²) in [5.74, 6) is 1.59. The molecule has 0 unspecified atom stereocenters. The molecule has 2 amide bonds. The highest BCUT2D eigenvalue weighted by Gasteiger charge is 2.29. The summed E-state index contributed by atoms with van der Waals surface area (Å²) < 4.78 is 21.7. The molecule has 0 atom stereocenters. The molecule has 170 valence electrons. The molecular weight excluding hydrogens is 412 g/mol. The van der Waals surface area contributed by atoms with Crippen LogP contribution in [0.2, 0.25) is 0 Å². The average molecular weight is 440 g/mol. The molecule has 4 rings (SSSR count). The average Bonchev–Trinajstić information content (AvgIpc) is 3.30. The third kappa shape index (κ3) is 5.13. The molecule has 2 aliphatic rings. The van der Waals surface area contributed by atoms with Gasteiger partial charge in [0, 0.05) is 37.4 Å². The summed E-state index contributed by atoms with van der Waals surface area (Å²) in [7, 11) is 0. The SMILES string of the molecule is CCOCCOc1ccccc1C(=O)N1CCC(C(=O)Nc2ccc3c(c2)OCO3)CC1. The van der Waals surface area contributed by atoms with Crippen molar-refractivity contribution in [2.24, 2.45) is 5.92 Å². The van der Waals surface area contributed by atoms with Crippen molar-refractivity contribution in [1.82, 2.24) is 4.90 Å². The Balaban J connectivity index is 1.30. The van der Waals surface area contributed by atoms with Crippen LogP contribution >= 0.6 is 0 Å². The second-order valence-corrected chi connectivity index (χ2v) is 7.67. The number of carbonyl (C=O) groups is 2. The van der Waals surface area contributed by atoms with Gasteiger partial charge in [-0.05, 0) is 44.0 Å². The molecule has 2 aliphatic heterocycles. The van der Waals surface area contributed by atoms with E-state index in [0.29, 0.717) is 74.3 Å². The highest BCUT2D eigenvalue weighted by atomic mass is 16.7. The summed E-state index contributed by atoms with van der Waals surface area (Å²) in [5, 5.41) is 2.95. The van der Waals surface area contributed by atoms with Crippen molar-refractivity contribution in [1.29, 1.82) is 0 Å². The van der Waals surface area contributed by atoms with E-state index in [1.165, 1.54) is 0 Å². The Morgan fingerprint density at radius 2 is 1.84 bits per heavy atom.